The van der Waals surface area contributed by atoms with E-state index in [0.29, 0.717) is 17.8 Å². The van der Waals surface area contributed by atoms with Gasteiger partial charge in [-0.05, 0) is 56.3 Å². The molecule has 0 spiro atoms. The molecular weight excluding hydrogens is 332 g/mol. The lowest BCUT2D eigenvalue weighted by atomic mass is 9.65. The minimum atomic E-state index is -0.0935. The Bertz CT molecular complexity index is 332. The van der Waals surface area contributed by atoms with Crippen molar-refractivity contribution >= 4 is 11.6 Å². The summed E-state index contributed by atoms with van der Waals surface area (Å²) in [4.78, 5) is -0.0935. The van der Waals surface area contributed by atoms with E-state index in [4.69, 9.17) is 21.1 Å². The van der Waals surface area contributed by atoms with Crippen LogP contribution in [-0.4, -0.2) is 32.3 Å². The maximum Gasteiger partial charge on any atom is 0.0543 e. The normalized spacial score (nSPS) is 17.6. The van der Waals surface area contributed by atoms with Crippen LogP contribution in [0.1, 0.15) is 85.5 Å². The van der Waals surface area contributed by atoms with Crippen molar-refractivity contribution in [3.63, 3.8) is 0 Å². The summed E-state index contributed by atoms with van der Waals surface area (Å²) < 4.78 is 11.4. The Labute approximate surface area is 162 Å². The molecule has 0 unspecified atom stereocenters. The second kappa shape index (κ2) is 11.1. The molecular formula is C22H43ClO2. The van der Waals surface area contributed by atoms with E-state index in [9.17, 15) is 0 Å². The molecule has 0 radical (unpaired) electrons. The maximum atomic E-state index is 7.19. The number of hydrogen-bond acceptors (Lipinski definition) is 2. The van der Waals surface area contributed by atoms with Crippen LogP contribution in [0.4, 0.5) is 0 Å². The summed E-state index contributed by atoms with van der Waals surface area (Å²) in [6.07, 6.45) is 11.1. The number of rotatable bonds is 12. The molecule has 0 aromatic carbocycles. The predicted octanol–water partition coefficient (Wildman–Crippen LogP) is 6.70. The van der Waals surface area contributed by atoms with Gasteiger partial charge in [-0.25, -0.2) is 0 Å². The fraction of sp³-hybridized carbons (Fsp3) is 1.00. The van der Waals surface area contributed by atoms with Crippen LogP contribution in [0.2, 0.25) is 0 Å². The number of halogens is 1. The van der Waals surface area contributed by atoms with E-state index in [-0.39, 0.29) is 10.3 Å². The molecule has 1 aliphatic carbocycles. The fourth-order valence-electron chi connectivity index (χ4n) is 5.14. The lowest BCUT2D eigenvalue weighted by molar-refractivity contribution is -0.0495. The average molecular weight is 375 g/mol. The Kier molecular flexibility index (Phi) is 10.4. The van der Waals surface area contributed by atoms with Crippen LogP contribution in [0.3, 0.4) is 0 Å². The highest BCUT2D eigenvalue weighted by molar-refractivity contribution is 6.23. The number of hydrogen-bond donors (Lipinski definition) is 0. The van der Waals surface area contributed by atoms with Gasteiger partial charge in [0.25, 0.3) is 0 Å². The highest BCUT2D eigenvalue weighted by Crippen LogP contribution is 2.46. The molecule has 150 valence electrons. The van der Waals surface area contributed by atoms with Crippen LogP contribution in [0, 0.1) is 23.2 Å². The Morgan fingerprint density at radius 2 is 1.32 bits per heavy atom. The van der Waals surface area contributed by atoms with Crippen molar-refractivity contribution in [2.24, 2.45) is 23.2 Å². The van der Waals surface area contributed by atoms with Gasteiger partial charge in [-0.1, -0.05) is 47.0 Å². The molecule has 0 bridgehead atoms. The topological polar surface area (TPSA) is 18.5 Å². The summed E-state index contributed by atoms with van der Waals surface area (Å²) in [7, 11) is 3.67. The molecule has 25 heavy (non-hydrogen) atoms. The first kappa shape index (κ1) is 23.2. The first-order valence-electron chi connectivity index (χ1n) is 10.4. The van der Waals surface area contributed by atoms with Crippen LogP contribution in [0.15, 0.2) is 0 Å². The lowest BCUT2D eigenvalue weighted by Crippen LogP contribution is -2.42. The van der Waals surface area contributed by atoms with E-state index < -0.39 is 0 Å². The zero-order chi connectivity index (χ0) is 18.9. The Hall–Kier alpha value is 0.210. The quantitative estimate of drug-likeness (QED) is 0.354. The molecule has 3 heteroatoms. The minimum absolute atomic E-state index is 0.0935. The van der Waals surface area contributed by atoms with E-state index in [0.717, 1.165) is 38.9 Å². The van der Waals surface area contributed by atoms with Gasteiger partial charge in [0, 0.05) is 24.5 Å². The van der Waals surface area contributed by atoms with Gasteiger partial charge in [-0.15, -0.1) is 11.6 Å². The van der Waals surface area contributed by atoms with Gasteiger partial charge in [-0.2, -0.15) is 0 Å². The largest absolute Gasteiger partial charge is 0.384 e. The molecule has 0 saturated heterocycles. The zero-order valence-corrected chi connectivity index (χ0v) is 18.5. The van der Waals surface area contributed by atoms with E-state index in [1.165, 1.54) is 32.1 Å². The summed E-state index contributed by atoms with van der Waals surface area (Å²) >= 11 is 7.19. The highest BCUT2D eigenvalue weighted by Gasteiger charge is 2.42. The van der Waals surface area contributed by atoms with Gasteiger partial charge in [0.15, 0.2) is 0 Å². The number of alkyl halides is 1. The summed E-state index contributed by atoms with van der Waals surface area (Å²) in [5.41, 5.74) is 0.123. The zero-order valence-electron chi connectivity index (χ0n) is 17.7. The van der Waals surface area contributed by atoms with Crippen molar-refractivity contribution in [1.82, 2.24) is 0 Å². The molecule has 1 rings (SSSR count). The molecule has 0 N–H and O–H groups in total. The van der Waals surface area contributed by atoms with Gasteiger partial charge in [0.2, 0.25) is 0 Å². The Balaban J connectivity index is 2.92. The summed E-state index contributed by atoms with van der Waals surface area (Å²) in [5, 5.41) is 0. The SMILES string of the molecule is COCC(CCC(Cl)(CC(C)C)CC(C)C)(COC)C1CCCCC1. The van der Waals surface area contributed by atoms with Crippen LogP contribution in [0.5, 0.6) is 0 Å². The molecule has 1 fully saturated rings. The predicted molar refractivity (Wildman–Crippen MR) is 109 cm³/mol. The third-order valence-electron chi connectivity index (χ3n) is 5.95. The summed E-state index contributed by atoms with van der Waals surface area (Å²) in [6.45, 7) is 10.7. The standard InChI is InChI=1S/C22H43ClO2/c1-18(2)14-22(23,15-19(3)4)13-12-21(16-24-5,17-25-6)20-10-8-7-9-11-20/h18-20H,7-17H2,1-6H3. The number of methoxy groups -OCH3 is 2. The highest BCUT2D eigenvalue weighted by atomic mass is 35.5. The van der Waals surface area contributed by atoms with Crippen molar-refractivity contribution in [2.45, 2.75) is 90.4 Å². The van der Waals surface area contributed by atoms with Crippen molar-refractivity contribution in [2.75, 3.05) is 27.4 Å². The van der Waals surface area contributed by atoms with Gasteiger partial charge in [0.05, 0.1) is 13.2 Å². The van der Waals surface area contributed by atoms with Crippen molar-refractivity contribution < 1.29 is 9.47 Å². The molecule has 0 heterocycles. The molecule has 0 atom stereocenters. The Morgan fingerprint density at radius 1 is 0.840 bits per heavy atom. The van der Waals surface area contributed by atoms with Gasteiger partial charge in [-0.3, -0.25) is 0 Å². The smallest absolute Gasteiger partial charge is 0.0543 e. The molecule has 0 amide bonds. The molecule has 0 aliphatic heterocycles. The second-order valence-electron chi connectivity index (χ2n) is 9.41. The average Bonchev–Trinajstić information content (AvgIpc) is 2.52. The van der Waals surface area contributed by atoms with Gasteiger partial charge < -0.3 is 9.47 Å². The first-order valence-corrected chi connectivity index (χ1v) is 10.8. The van der Waals surface area contributed by atoms with Crippen LogP contribution < -0.4 is 0 Å². The van der Waals surface area contributed by atoms with E-state index in [1.54, 1.807) is 0 Å². The molecule has 2 nitrogen and oxygen atoms in total. The number of ether oxygens (including phenoxy) is 2. The van der Waals surface area contributed by atoms with Crippen molar-refractivity contribution in [1.29, 1.82) is 0 Å². The molecule has 0 aromatic rings. The Morgan fingerprint density at radius 3 is 1.72 bits per heavy atom. The molecule has 1 aliphatic rings. The lowest BCUT2D eigenvalue weighted by Gasteiger charge is -2.44. The third kappa shape index (κ3) is 7.77. The van der Waals surface area contributed by atoms with Crippen LogP contribution in [0.25, 0.3) is 0 Å². The van der Waals surface area contributed by atoms with E-state index in [1.807, 2.05) is 14.2 Å². The van der Waals surface area contributed by atoms with Crippen LogP contribution in [-0.2, 0) is 9.47 Å². The molecule has 0 aromatic heterocycles. The maximum absolute atomic E-state index is 7.19. The van der Waals surface area contributed by atoms with Crippen LogP contribution >= 0.6 is 11.6 Å². The third-order valence-corrected chi connectivity index (χ3v) is 6.45. The fourth-order valence-corrected chi connectivity index (χ4v) is 5.85. The van der Waals surface area contributed by atoms with Gasteiger partial charge in [0.1, 0.15) is 0 Å². The minimum Gasteiger partial charge on any atom is -0.384 e. The summed E-state index contributed by atoms with van der Waals surface area (Å²) in [6, 6.07) is 0. The first-order chi connectivity index (χ1) is 11.8. The monoisotopic (exact) mass is 374 g/mol. The van der Waals surface area contributed by atoms with Crippen molar-refractivity contribution in [3.05, 3.63) is 0 Å². The van der Waals surface area contributed by atoms with Crippen molar-refractivity contribution in [3.8, 4) is 0 Å². The van der Waals surface area contributed by atoms with E-state index in [2.05, 4.69) is 27.7 Å². The van der Waals surface area contributed by atoms with E-state index >= 15 is 0 Å². The van der Waals surface area contributed by atoms with Gasteiger partial charge >= 0.3 is 0 Å². The molecule has 1 saturated carbocycles. The second-order valence-corrected chi connectivity index (χ2v) is 10.2. The summed E-state index contributed by atoms with van der Waals surface area (Å²) in [5.74, 6) is 1.97.